The Bertz CT molecular complexity index is 391. The second-order valence-electron chi connectivity index (χ2n) is 3.92. The molecular formula is C13H17NO4. The van der Waals surface area contributed by atoms with E-state index in [0.29, 0.717) is 0 Å². The molecule has 1 atom stereocenters. The summed E-state index contributed by atoms with van der Waals surface area (Å²) < 4.78 is 4.97. The van der Waals surface area contributed by atoms with Crippen molar-refractivity contribution in [2.75, 3.05) is 13.7 Å². The van der Waals surface area contributed by atoms with Gasteiger partial charge in [-0.25, -0.2) is 0 Å². The van der Waals surface area contributed by atoms with Gasteiger partial charge in [0, 0.05) is 13.7 Å². The molecular weight excluding hydrogens is 234 g/mol. The van der Waals surface area contributed by atoms with Gasteiger partial charge in [0.2, 0.25) is 5.91 Å². The third kappa shape index (κ3) is 5.45. The van der Waals surface area contributed by atoms with Crippen LogP contribution in [0.3, 0.4) is 0 Å². The van der Waals surface area contributed by atoms with Crippen LogP contribution >= 0.6 is 0 Å². The SMILES string of the molecule is COC(CNC(=O)Cc1ccccc1)CC(=O)O. The van der Waals surface area contributed by atoms with Gasteiger partial charge in [0.05, 0.1) is 18.9 Å². The molecule has 98 valence electrons. The smallest absolute Gasteiger partial charge is 0.306 e. The summed E-state index contributed by atoms with van der Waals surface area (Å²) in [6.07, 6.45) is -0.339. The Morgan fingerprint density at radius 1 is 1.33 bits per heavy atom. The highest BCUT2D eigenvalue weighted by Crippen LogP contribution is 2.00. The molecule has 0 aliphatic heterocycles. The van der Waals surface area contributed by atoms with Crippen LogP contribution in [0.1, 0.15) is 12.0 Å². The van der Waals surface area contributed by atoms with Crippen LogP contribution in [0, 0.1) is 0 Å². The highest BCUT2D eigenvalue weighted by Gasteiger charge is 2.13. The first-order chi connectivity index (χ1) is 8.61. The number of benzene rings is 1. The number of nitrogens with one attached hydrogen (secondary N) is 1. The Hall–Kier alpha value is -1.88. The topological polar surface area (TPSA) is 75.6 Å². The quantitative estimate of drug-likeness (QED) is 0.752. The minimum absolute atomic E-state index is 0.123. The molecule has 0 saturated heterocycles. The van der Waals surface area contributed by atoms with Crippen molar-refractivity contribution in [1.82, 2.24) is 5.32 Å². The minimum Gasteiger partial charge on any atom is -0.481 e. The lowest BCUT2D eigenvalue weighted by Crippen LogP contribution is -2.35. The number of carboxylic acids is 1. The monoisotopic (exact) mass is 251 g/mol. The van der Waals surface area contributed by atoms with Crippen molar-refractivity contribution in [3.63, 3.8) is 0 Å². The number of hydrogen-bond donors (Lipinski definition) is 2. The molecule has 1 amide bonds. The van der Waals surface area contributed by atoms with E-state index in [9.17, 15) is 9.59 Å². The summed E-state index contributed by atoms with van der Waals surface area (Å²) in [4.78, 5) is 22.1. The van der Waals surface area contributed by atoms with Crippen LogP contribution < -0.4 is 5.32 Å². The predicted octanol–water partition coefficient (Wildman–Crippen LogP) is 0.835. The normalized spacial score (nSPS) is 11.8. The number of rotatable bonds is 7. The standard InChI is InChI=1S/C13H17NO4/c1-18-11(8-13(16)17)9-14-12(15)7-10-5-3-2-4-6-10/h2-6,11H,7-9H2,1H3,(H,14,15)(H,16,17). The van der Waals surface area contributed by atoms with Gasteiger partial charge >= 0.3 is 5.97 Å². The number of carboxylic acid groups (broad SMARTS) is 1. The average Bonchev–Trinajstić information content (AvgIpc) is 2.35. The highest BCUT2D eigenvalue weighted by molar-refractivity contribution is 5.78. The molecule has 0 saturated carbocycles. The van der Waals surface area contributed by atoms with E-state index in [2.05, 4.69) is 5.32 Å². The summed E-state index contributed by atoms with van der Waals surface area (Å²) in [5.74, 6) is -1.09. The lowest BCUT2D eigenvalue weighted by atomic mass is 10.1. The lowest BCUT2D eigenvalue weighted by molar-refractivity contribution is -0.140. The van der Waals surface area contributed by atoms with E-state index in [1.54, 1.807) is 0 Å². The zero-order valence-electron chi connectivity index (χ0n) is 10.3. The summed E-state index contributed by atoms with van der Waals surface area (Å²) in [5, 5.41) is 11.3. The summed E-state index contributed by atoms with van der Waals surface area (Å²) in [7, 11) is 1.43. The molecule has 5 heteroatoms. The summed E-state index contributed by atoms with van der Waals surface area (Å²) in [5.41, 5.74) is 0.919. The van der Waals surface area contributed by atoms with Gasteiger partial charge in [-0.15, -0.1) is 0 Å². The summed E-state index contributed by atoms with van der Waals surface area (Å²) in [6, 6.07) is 9.35. The van der Waals surface area contributed by atoms with Crippen LogP contribution in [0.5, 0.6) is 0 Å². The maximum Gasteiger partial charge on any atom is 0.306 e. The Kier molecular flexibility index (Phi) is 5.87. The first kappa shape index (κ1) is 14.2. The number of ether oxygens (including phenoxy) is 1. The molecule has 2 N–H and O–H groups in total. The van der Waals surface area contributed by atoms with Gasteiger partial charge in [-0.1, -0.05) is 30.3 Å². The third-order valence-electron chi connectivity index (χ3n) is 2.47. The Morgan fingerprint density at radius 3 is 2.56 bits per heavy atom. The predicted molar refractivity (Wildman–Crippen MR) is 66.2 cm³/mol. The maximum absolute atomic E-state index is 11.6. The molecule has 0 aromatic heterocycles. The van der Waals surface area contributed by atoms with Crippen LogP contribution in [0.15, 0.2) is 30.3 Å². The van der Waals surface area contributed by atoms with Crippen LogP contribution in [-0.2, 0) is 20.7 Å². The number of aliphatic carboxylic acids is 1. The zero-order valence-corrected chi connectivity index (χ0v) is 10.3. The van der Waals surface area contributed by atoms with Crippen LogP contribution in [-0.4, -0.2) is 36.7 Å². The van der Waals surface area contributed by atoms with E-state index in [1.165, 1.54) is 7.11 Å². The van der Waals surface area contributed by atoms with Crippen molar-refractivity contribution < 1.29 is 19.4 Å². The van der Waals surface area contributed by atoms with E-state index in [1.807, 2.05) is 30.3 Å². The lowest BCUT2D eigenvalue weighted by Gasteiger charge is -2.13. The molecule has 0 radical (unpaired) electrons. The molecule has 1 unspecified atom stereocenters. The van der Waals surface area contributed by atoms with Crippen molar-refractivity contribution >= 4 is 11.9 Å². The minimum atomic E-state index is -0.945. The van der Waals surface area contributed by atoms with E-state index in [0.717, 1.165) is 5.56 Å². The van der Waals surface area contributed by atoms with Crippen LogP contribution in [0.2, 0.25) is 0 Å². The van der Waals surface area contributed by atoms with E-state index < -0.39 is 12.1 Å². The van der Waals surface area contributed by atoms with Gasteiger partial charge < -0.3 is 15.2 Å². The molecule has 0 aliphatic carbocycles. The fourth-order valence-electron chi connectivity index (χ4n) is 1.51. The van der Waals surface area contributed by atoms with Crippen LogP contribution in [0.4, 0.5) is 0 Å². The first-order valence-corrected chi connectivity index (χ1v) is 5.67. The van der Waals surface area contributed by atoms with Crippen molar-refractivity contribution in [2.45, 2.75) is 18.9 Å². The molecule has 0 aliphatic rings. The Labute approximate surface area is 106 Å². The summed E-state index contributed by atoms with van der Waals surface area (Å²) in [6.45, 7) is 0.203. The van der Waals surface area contributed by atoms with E-state index in [4.69, 9.17) is 9.84 Å². The van der Waals surface area contributed by atoms with Gasteiger partial charge in [-0.05, 0) is 5.56 Å². The van der Waals surface area contributed by atoms with Gasteiger partial charge in [-0.2, -0.15) is 0 Å². The van der Waals surface area contributed by atoms with Gasteiger partial charge in [0.15, 0.2) is 0 Å². The summed E-state index contributed by atoms with van der Waals surface area (Å²) >= 11 is 0. The molecule has 0 spiro atoms. The zero-order chi connectivity index (χ0) is 13.4. The highest BCUT2D eigenvalue weighted by atomic mass is 16.5. The maximum atomic E-state index is 11.6. The molecule has 18 heavy (non-hydrogen) atoms. The van der Waals surface area contributed by atoms with Gasteiger partial charge in [0.1, 0.15) is 0 Å². The van der Waals surface area contributed by atoms with E-state index >= 15 is 0 Å². The van der Waals surface area contributed by atoms with Crippen molar-refractivity contribution in [1.29, 1.82) is 0 Å². The number of amides is 1. The molecule has 0 fully saturated rings. The second-order valence-corrected chi connectivity index (χ2v) is 3.92. The Morgan fingerprint density at radius 2 is 2.00 bits per heavy atom. The Balaban J connectivity index is 2.34. The number of hydrogen-bond acceptors (Lipinski definition) is 3. The molecule has 0 heterocycles. The van der Waals surface area contributed by atoms with Gasteiger partial charge in [0.25, 0.3) is 0 Å². The largest absolute Gasteiger partial charge is 0.481 e. The molecule has 1 aromatic carbocycles. The van der Waals surface area contributed by atoms with Crippen molar-refractivity contribution in [2.24, 2.45) is 0 Å². The fourth-order valence-corrected chi connectivity index (χ4v) is 1.51. The van der Waals surface area contributed by atoms with Crippen molar-refractivity contribution in [3.8, 4) is 0 Å². The molecule has 1 aromatic rings. The number of carbonyl (C=O) groups is 2. The third-order valence-corrected chi connectivity index (χ3v) is 2.47. The average molecular weight is 251 g/mol. The first-order valence-electron chi connectivity index (χ1n) is 5.67. The molecule has 0 bridgehead atoms. The fraction of sp³-hybridized carbons (Fsp3) is 0.385. The number of carbonyl (C=O) groups excluding carboxylic acids is 1. The molecule has 5 nitrogen and oxygen atoms in total. The van der Waals surface area contributed by atoms with Gasteiger partial charge in [-0.3, -0.25) is 9.59 Å². The number of methoxy groups -OCH3 is 1. The molecule has 1 rings (SSSR count). The second kappa shape index (κ2) is 7.45. The van der Waals surface area contributed by atoms with Crippen LogP contribution in [0.25, 0.3) is 0 Å². The van der Waals surface area contributed by atoms with E-state index in [-0.39, 0.29) is 25.3 Å². The van der Waals surface area contributed by atoms with Crippen molar-refractivity contribution in [3.05, 3.63) is 35.9 Å².